The van der Waals surface area contributed by atoms with Crippen LogP contribution in [0.1, 0.15) is 74.2 Å². The lowest BCUT2D eigenvalue weighted by Gasteiger charge is -2.13. The molecule has 0 aliphatic heterocycles. The van der Waals surface area contributed by atoms with E-state index in [4.69, 9.17) is 47.4 Å². The Kier molecular flexibility index (Phi) is 30.2. The number of carbonyl (C=O) groups excluding carboxylic acids is 2. The van der Waals surface area contributed by atoms with Crippen LogP contribution in [0.4, 0.5) is 24.5 Å². The van der Waals surface area contributed by atoms with E-state index in [1.54, 1.807) is 18.2 Å². The minimum Gasteiger partial charge on any atom is -0.463 e. The van der Waals surface area contributed by atoms with Gasteiger partial charge in [-0.25, -0.2) is 4.79 Å². The number of esters is 2. The third-order valence-electron chi connectivity index (χ3n) is 8.16. The van der Waals surface area contributed by atoms with Gasteiger partial charge in [0.05, 0.1) is 123 Å². The first kappa shape index (κ1) is 50.8. The lowest BCUT2D eigenvalue weighted by atomic mass is 10.1. The predicted octanol–water partition coefficient (Wildman–Crippen LogP) is 7.42. The van der Waals surface area contributed by atoms with Gasteiger partial charge in [0.15, 0.2) is 0 Å². The summed E-state index contributed by atoms with van der Waals surface area (Å²) in [6.07, 6.45) is 4.19. The Morgan fingerprint density at radius 3 is 1.43 bits per heavy atom. The van der Waals surface area contributed by atoms with Gasteiger partial charge >= 0.3 is 18.1 Å². The van der Waals surface area contributed by atoms with Gasteiger partial charge in [0.1, 0.15) is 13.2 Å². The van der Waals surface area contributed by atoms with E-state index in [1.807, 2.05) is 0 Å². The van der Waals surface area contributed by atoms with Crippen molar-refractivity contribution in [3.63, 3.8) is 0 Å². The van der Waals surface area contributed by atoms with Crippen LogP contribution in [0.15, 0.2) is 48.5 Å². The molecule has 0 amide bonds. The van der Waals surface area contributed by atoms with Gasteiger partial charge in [0, 0.05) is 12.1 Å². The van der Waals surface area contributed by atoms with Crippen LogP contribution in [-0.4, -0.2) is 131 Å². The molecule has 0 fully saturated rings. The van der Waals surface area contributed by atoms with E-state index in [2.05, 4.69) is 12.2 Å². The SMILES string of the molecule is CCCCCCCCCC(=O)OCCOCCOCCOCCOCCOCCOCCOCCOCCOC(=O)c1ccccc1Nc1cccc(C(F)(F)F)c1. The van der Waals surface area contributed by atoms with Crippen molar-refractivity contribution in [2.24, 2.45) is 0 Å². The molecule has 0 aliphatic carbocycles. The Labute approximate surface area is 341 Å². The van der Waals surface area contributed by atoms with Gasteiger partial charge in [0.25, 0.3) is 0 Å². The summed E-state index contributed by atoms with van der Waals surface area (Å²) in [7, 11) is 0. The zero-order chi connectivity index (χ0) is 41.8. The highest BCUT2D eigenvalue weighted by molar-refractivity contribution is 5.96. The molecule has 13 nitrogen and oxygen atoms in total. The Morgan fingerprint density at radius 2 is 0.948 bits per heavy atom. The van der Waals surface area contributed by atoms with E-state index in [9.17, 15) is 22.8 Å². The number of unbranched alkanes of at least 4 members (excludes halogenated alkanes) is 6. The molecule has 0 aromatic heterocycles. The molecule has 0 spiro atoms. The molecule has 2 rings (SSSR count). The maximum Gasteiger partial charge on any atom is 0.416 e. The third kappa shape index (κ3) is 27.4. The van der Waals surface area contributed by atoms with Gasteiger partial charge < -0.3 is 52.7 Å². The molecule has 0 atom stereocenters. The largest absolute Gasteiger partial charge is 0.463 e. The van der Waals surface area contributed by atoms with Crippen LogP contribution in [0.3, 0.4) is 0 Å². The number of anilines is 2. The van der Waals surface area contributed by atoms with Gasteiger partial charge in [-0.15, -0.1) is 0 Å². The molecule has 0 radical (unpaired) electrons. The van der Waals surface area contributed by atoms with Crippen LogP contribution < -0.4 is 5.32 Å². The fourth-order valence-electron chi connectivity index (χ4n) is 5.12. The van der Waals surface area contributed by atoms with Crippen molar-refractivity contribution in [2.75, 3.05) is 124 Å². The highest BCUT2D eigenvalue weighted by Gasteiger charge is 2.30. The monoisotopic (exact) mass is 831 g/mol. The quantitative estimate of drug-likeness (QED) is 0.0531. The number of alkyl halides is 3. The molecule has 58 heavy (non-hydrogen) atoms. The minimum atomic E-state index is -4.48. The number of rotatable bonds is 38. The molecule has 330 valence electrons. The average molecular weight is 832 g/mol. The summed E-state index contributed by atoms with van der Waals surface area (Å²) >= 11 is 0. The van der Waals surface area contributed by atoms with Gasteiger partial charge in [-0.1, -0.05) is 63.6 Å². The first-order valence-electron chi connectivity index (χ1n) is 20.3. The number of nitrogens with one attached hydrogen (secondary N) is 1. The number of benzene rings is 2. The Morgan fingerprint density at radius 1 is 0.517 bits per heavy atom. The molecular weight excluding hydrogens is 767 g/mol. The van der Waals surface area contributed by atoms with Gasteiger partial charge in [0.2, 0.25) is 0 Å². The van der Waals surface area contributed by atoms with Crippen LogP contribution in [0, 0.1) is 0 Å². The van der Waals surface area contributed by atoms with Gasteiger partial charge in [-0.05, 0) is 36.8 Å². The van der Waals surface area contributed by atoms with Crippen molar-refractivity contribution in [2.45, 2.75) is 64.5 Å². The summed E-state index contributed by atoms with van der Waals surface area (Å²) < 4.78 is 93.3. The van der Waals surface area contributed by atoms with Crippen LogP contribution in [0.25, 0.3) is 0 Å². The number of carbonyl (C=O) groups is 2. The van der Waals surface area contributed by atoms with Crippen molar-refractivity contribution < 1.29 is 70.1 Å². The van der Waals surface area contributed by atoms with Crippen LogP contribution in [0.5, 0.6) is 0 Å². The van der Waals surface area contributed by atoms with Crippen LogP contribution in [0.2, 0.25) is 0 Å². The summed E-state index contributed by atoms with van der Waals surface area (Å²) in [5.41, 5.74) is -0.0991. The average Bonchev–Trinajstić information content (AvgIpc) is 3.21. The summed E-state index contributed by atoms with van der Waals surface area (Å²) in [4.78, 5) is 24.3. The molecule has 2 aromatic carbocycles. The Balaban J connectivity index is 1.27. The standard InChI is InChI=1S/C42H64F3NO12/c1-2-3-4-5-6-7-8-16-40(47)57-33-31-55-29-27-53-25-23-51-21-19-49-17-18-50-20-22-52-24-26-54-28-30-56-32-34-58-41(48)38-14-9-10-15-39(38)46-37-13-11-12-36(35-37)42(43,44)45/h9-15,35,46H,2-8,16-34H2,1H3. The fourth-order valence-corrected chi connectivity index (χ4v) is 5.12. The first-order valence-corrected chi connectivity index (χ1v) is 20.3. The highest BCUT2D eigenvalue weighted by atomic mass is 19.4. The van der Waals surface area contributed by atoms with Crippen molar-refractivity contribution in [1.82, 2.24) is 0 Å². The van der Waals surface area contributed by atoms with E-state index >= 15 is 0 Å². The predicted molar refractivity (Wildman–Crippen MR) is 212 cm³/mol. The van der Waals surface area contributed by atoms with Crippen molar-refractivity contribution in [1.29, 1.82) is 0 Å². The molecule has 0 saturated heterocycles. The maximum atomic E-state index is 13.1. The summed E-state index contributed by atoms with van der Waals surface area (Å²) in [5.74, 6) is -0.790. The van der Waals surface area contributed by atoms with E-state index in [-0.39, 0.29) is 37.0 Å². The van der Waals surface area contributed by atoms with Crippen molar-refractivity contribution in [3.05, 3.63) is 59.7 Å². The number of halogens is 3. The normalized spacial score (nSPS) is 11.5. The molecule has 0 saturated carbocycles. The Hall–Kier alpha value is -3.35. The first-order chi connectivity index (χ1) is 28.3. The fraction of sp³-hybridized carbons (Fsp3) is 0.667. The lowest BCUT2D eigenvalue weighted by molar-refractivity contribution is -0.145. The topological polar surface area (TPSA) is 138 Å². The second-order valence-corrected chi connectivity index (χ2v) is 12.9. The molecule has 0 unspecified atom stereocenters. The number of para-hydroxylation sites is 1. The molecule has 1 N–H and O–H groups in total. The Bertz CT molecular complexity index is 1320. The van der Waals surface area contributed by atoms with Gasteiger partial charge in [-0.2, -0.15) is 13.2 Å². The lowest BCUT2D eigenvalue weighted by Crippen LogP contribution is -2.16. The van der Waals surface area contributed by atoms with E-state index in [0.717, 1.165) is 25.0 Å². The summed E-state index contributed by atoms with van der Waals surface area (Å²) in [6, 6.07) is 11.1. The molecule has 0 heterocycles. The molecule has 16 heteroatoms. The van der Waals surface area contributed by atoms with Crippen molar-refractivity contribution in [3.8, 4) is 0 Å². The number of hydrogen-bond donors (Lipinski definition) is 1. The van der Waals surface area contributed by atoms with Crippen molar-refractivity contribution >= 4 is 23.3 Å². The summed E-state index contributed by atoms with van der Waals surface area (Å²) in [5, 5.41) is 2.86. The van der Waals surface area contributed by atoms with Crippen LogP contribution in [-0.2, 0) is 58.3 Å². The van der Waals surface area contributed by atoms with E-state index < -0.39 is 17.7 Å². The summed E-state index contributed by atoms with van der Waals surface area (Å²) in [6.45, 7) is 8.81. The molecule has 0 aliphatic rings. The zero-order valence-corrected chi connectivity index (χ0v) is 34.0. The second-order valence-electron chi connectivity index (χ2n) is 12.9. The smallest absolute Gasteiger partial charge is 0.416 e. The third-order valence-corrected chi connectivity index (χ3v) is 8.16. The minimum absolute atomic E-state index is 0.00531. The van der Waals surface area contributed by atoms with Crippen LogP contribution >= 0.6 is 0 Å². The molecule has 0 bridgehead atoms. The molecular formula is C42H64F3NO12. The van der Waals surface area contributed by atoms with E-state index in [1.165, 1.54) is 50.3 Å². The highest BCUT2D eigenvalue weighted by Crippen LogP contribution is 2.32. The maximum absolute atomic E-state index is 13.1. The molecule has 2 aromatic rings. The zero-order valence-electron chi connectivity index (χ0n) is 34.0. The number of ether oxygens (including phenoxy) is 10. The van der Waals surface area contributed by atoms with Gasteiger partial charge in [-0.3, -0.25) is 4.79 Å². The second kappa shape index (κ2) is 34.5. The number of hydrogen-bond acceptors (Lipinski definition) is 13. The van der Waals surface area contributed by atoms with E-state index in [0.29, 0.717) is 111 Å².